The molecule has 1 rings (SSSR count). The molecule has 0 aliphatic carbocycles. The highest BCUT2D eigenvalue weighted by Crippen LogP contribution is 2.26. The first-order valence-electron chi connectivity index (χ1n) is 4.51. The van der Waals surface area contributed by atoms with Gasteiger partial charge in [-0.3, -0.25) is 14.9 Å². The van der Waals surface area contributed by atoms with Crippen molar-refractivity contribution < 1.29 is 9.72 Å². The zero-order valence-corrected chi connectivity index (χ0v) is 11.0. The highest BCUT2D eigenvalue weighted by molar-refractivity contribution is 9.09. The molecule has 1 aromatic carbocycles. The molecule has 6 heteroatoms. The van der Waals surface area contributed by atoms with Crippen LogP contribution in [0.15, 0.2) is 23.1 Å². The smallest absolute Gasteiger partial charge is 0.281 e. The summed E-state index contributed by atoms with van der Waals surface area (Å²) in [5.74, 6) is -0.212. The van der Waals surface area contributed by atoms with Crippen LogP contribution < -0.4 is 0 Å². The molecule has 0 fully saturated rings. The Morgan fingerprint density at radius 2 is 2.25 bits per heavy atom. The number of nitrogens with zero attached hydrogens (tertiary/aromatic N) is 1. The van der Waals surface area contributed by atoms with E-state index in [1.54, 1.807) is 6.07 Å². The zero-order chi connectivity index (χ0) is 12.1. The molecule has 0 aromatic heterocycles. The largest absolute Gasteiger partial charge is 0.294 e. The minimum absolute atomic E-state index is 0.113. The number of nitro benzene ring substituents is 1. The zero-order valence-electron chi connectivity index (χ0n) is 8.60. The van der Waals surface area contributed by atoms with E-state index in [-0.39, 0.29) is 23.5 Å². The van der Waals surface area contributed by atoms with Crippen molar-refractivity contribution in [3.05, 3.63) is 33.9 Å². The number of benzene rings is 1. The van der Waals surface area contributed by atoms with Gasteiger partial charge in [0.2, 0.25) is 0 Å². The molecule has 86 valence electrons. The quantitative estimate of drug-likeness (QED) is 0.275. The summed E-state index contributed by atoms with van der Waals surface area (Å²) in [6.45, 7) is 0. The summed E-state index contributed by atoms with van der Waals surface area (Å²) in [6.07, 6.45) is 2.10. The van der Waals surface area contributed by atoms with Crippen LogP contribution in [0.1, 0.15) is 16.8 Å². The van der Waals surface area contributed by atoms with Crippen molar-refractivity contribution in [1.82, 2.24) is 0 Å². The topological polar surface area (TPSA) is 60.2 Å². The molecular weight excluding hydrogens is 294 g/mol. The Hall–Kier alpha value is -0.880. The molecule has 1 aromatic rings. The molecule has 0 spiro atoms. The molecule has 16 heavy (non-hydrogen) atoms. The second-order valence-electron chi connectivity index (χ2n) is 3.00. The standard InChI is InChI=1S/C10H10BrNO3S/c1-16-7-2-3-8(10(13)4-5-11)9(6-7)12(14)15/h2-3,6H,4-5H2,1H3. The number of carbonyl (C=O) groups is 1. The summed E-state index contributed by atoms with van der Waals surface area (Å²) in [4.78, 5) is 22.7. The van der Waals surface area contributed by atoms with Gasteiger partial charge in [-0.05, 0) is 18.4 Å². The second kappa shape index (κ2) is 6.00. The molecule has 4 nitrogen and oxygen atoms in total. The van der Waals surface area contributed by atoms with Crippen LogP contribution in [0.25, 0.3) is 0 Å². The molecule has 0 heterocycles. The Morgan fingerprint density at radius 1 is 1.56 bits per heavy atom. The number of hydrogen-bond donors (Lipinski definition) is 0. The summed E-state index contributed by atoms with van der Waals surface area (Å²) in [5.41, 5.74) is 0.0695. The van der Waals surface area contributed by atoms with E-state index in [1.807, 2.05) is 6.26 Å². The molecule has 0 bridgehead atoms. The van der Waals surface area contributed by atoms with Crippen molar-refractivity contribution in [1.29, 1.82) is 0 Å². The molecule has 0 atom stereocenters. The van der Waals surface area contributed by atoms with Crippen molar-refractivity contribution in [2.45, 2.75) is 11.3 Å². The van der Waals surface area contributed by atoms with Gasteiger partial charge in [0.1, 0.15) is 0 Å². The summed E-state index contributed by atoms with van der Waals surface area (Å²) in [6, 6.07) is 4.68. The van der Waals surface area contributed by atoms with Crippen LogP contribution in [-0.2, 0) is 0 Å². The lowest BCUT2D eigenvalue weighted by Crippen LogP contribution is -2.04. The SMILES string of the molecule is CSc1ccc(C(=O)CCBr)c([N+](=O)[O-])c1. The van der Waals surface area contributed by atoms with E-state index in [9.17, 15) is 14.9 Å². The van der Waals surface area contributed by atoms with Crippen molar-refractivity contribution in [3.8, 4) is 0 Å². The van der Waals surface area contributed by atoms with Crippen LogP contribution in [0.5, 0.6) is 0 Å². The van der Waals surface area contributed by atoms with E-state index < -0.39 is 4.92 Å². The van der Waals surface area contributed by atoms with Crippen molar-refractivity contribution in [3.63, 3.8) is 0 Å². The van der Waals surface area contributed by atoms with E-state index in [4.69, 9.17) is 0 Å². The van der Waals surface area contributed by atoms with Gasteiger partial charge in [0.25, 0.3) is 5.69 Å². The Kier molecular flexibility index (Phi) is 4.95. The summed E-state index contributed by atoms with van der Waals surface area (Å²) in [5, 5.41) is 11.3. The number of Topliss-reactive ketones (excluding diaryl/α,β-unsaturated/α-hetero) is 1. The van der Waals surface area contributed by atoms with Gasteiger partial charge >= 0.3 is 0 Å². The van der Waals surface area contributed by atoms with Crippen LogP contribution in [0, 0.1) is 10.1 Å². The first-order valence-corrected chi connectivity index (χ1v) is 6.86. The predicted octanol–water partition coefficient (Wildman–Crippen LogP) is 3.28. The Bertz CT molecular complexity index is 423. The number of ketones is 1. The highest BCUT2D eigenvalue weighted by Gasteiger charge is 2.19. The third kappa shape index (κ3) is 3.05. The average Bonchev–Trinajstić information content (AvgIpc) is 2.28. The third-order valence-corrected chi connectivity index (χ3v) is 3.15. The lowest BCUT2D eigenvalue weighted by Gasteiger charge is -2.02. The van der Waals surface area contributed by atoms with Crippen LogP contribution in [-0.4, -0.2) is 22.3 Å². The van der Waals surface area contributed by atoms with Gasteiger partial charge in [0.05, 0.1) is 10.5 Å². The van der Waals surface area contributed by atoms with E-state index >= 15 is 0 Å². The molecule has 0 saturated heterocycles. The fraction of sp³-hybridized carbons (Fsp3) is 0.300. The van der Waals surface area contributed by atoms with E-state index in [0.717, 1.165) is 4.90 Å². The number of thioether (sulfide) groups is 1. The fourth-order valence-electron chi connectivity index (χ4n) is 1.25. The average molecular weight is 304 g/mol. The predicted molar refractivity (Wildman–Crippen MR) is 67.6 cm³/mol. The van der Waals surface area contributed by atoms with Gasteiger partial charge in [-0.2, -0.15) is 0 Å². The van der Waals surface area contributed by atoms with Crippen molar-refractivity contribution >= 4 is 39.2 Å². The van der Waals surface area contributed by atoms with Crippen LogP contribution in [0.2, 0.25) is 0 Å². The number of nitro groups is 1. The number of alkyl halides is 1. The van der Waals surface area contributed by atoms with Gasteiger partial charge in [0.15, 0.2) is 5.78 Å². The molecular formula is C10H10BrNO3S. The van der Waals surface area contributed by atoms with Gasteiger partial charge in [0, 0.05) is 22.7 Å². The van der Waals surface area contributed by atoms with Gasteiger partial charge < -0.3 is 0 Å². The first kappa shape index (κ1) is 13.2. The number of carbonyl (C=O) groups excluding carboxylic acids is 1. The maximum absolute atomic E-state index is 11.6. The number of hydrogen-bond acceptors (Lipinski definition) is 4. The summed E-state index contributed by atoms with van der Waals surface area (Å²) >= 11 is 4.55. The maximum Gasteiger partial charge on any atom is 0.281 e. The molecule has 0 aliphatic heterocycles. The van der Waals surface area contributed by atoms with Gasteiger partial charge in [-0.25, -0.2) is 0 Å². The molecule has 0 aliphatic rings. The van der Waals surface area contributed by atoms with Gasteiger partial charge in [-0.15, -0.1) is 11.8 Å². The van der Waals surface area contributed by atoms with Crippen LogP contribution >= 0.6 is 27.7 Å². The monoisotopic (exact) mass is 303 g/mol. The van der Waals surface area contributed by atoms with Crippen molar-refractivity contribution in [2.24, 2.45) is 0 Å². The van der Waals surface area contributed by atoms with Crippen molar-refractivity contribution in [2.75, 3.05) is 11.6 Å². The minimum Gasteiger partial charge on any atom is -0.294 e. The number of halogens is 1. The van der Waals surface area contributed by atoms with E-state index in [2.05, 4.69) is 15.9 Å². The normalized spacial score (nSPS) is 10.1. The lowest BCUT2D eigenvalue weighted by molar-refractivity contribution is -0.385. The molecule has 0 amide bonds. The van der Waals surface area contributed by atoms with Crippen LogP contribution in [0.4, 0.5) is 5.69 Å². The second-order valence-corrected chi connectivity index (χ2v) is 4.67. The number of rotatable bonds is 5. The highest BCUT2D eigenvalue weighted by atomic mass is 79.9. The fourth-order valence-corrected chi connectivity index (χ4v) is 2.04. The molecule has 0 radical (unpaired) electrons. The Morgan fingerprint density at radius 3 is 2.75 bits per heavy atom. The van der Waals surface area contributed by atoms with E-state index in [1.165, 1.54) is 23.9 Å². The van der Waals surface area contributed by atoms with Gasteiger partial charge in [-0.1, -0.05) is 15.9 Å². The summed E-state index contributed by atoms with van der Waals surface area (Å²) < 4.78 is 0. The lowest BCUT2D eigenvalue weighted by atomic mass is 10.1. The Balaban J connectivity index is 3.17. The van der Waals surface area contributed by atoms with Crippen LogP contribution in [0.3, 0.4) is 0 Å². The Labute approximate surface area is 106 Å². The third-order valence-electron chi connectivity index (χ3n) is 2.02. The van der Waals surface area contributed by atoms with E-state index in [0.29, 0.717) is 5.33 Å². The first-order chi connectivity index (χ1) is 7.60. The molecule has 0 N–H and O–H groups in total. The molecule has 0 saturated carbocycles. The minimum atomic E-state index is -0.513. The maximum atomic E-state index is 11.6. The summed E-state index contributed by atoms with van der Waals surface area (Å²) in [7, 11) is 0. The molecule has 0 unspecified atom stereocenters.